The van der Waals surface area contributed by atoms with Gasteiger partial charge in [-0.2, -0.15) is 0 Å². The zero-order valence-corrected chi connectivity index (χ0v) is 16.4. The van der Waals surface area contributed by atoms with Gasteiger partial charge in [0.05, 0.1) is 17.9 Å². The zero-order valence-electron chi connectivity index (χ0n) is 16.4. The first-order valence-electron chi connectivity index (χ1n) is 9.85. The summed E-state index contributed by atoms with van der Waals surface area (Å²) in [5.74, 6) is 1.17. The highest BCUT2D eigenvalue weighted by Gasteiger charge is 2.69. The number of cyclic esters (lactones) is 1. The van der Waals surface area contributed by atoms with Crippen molar-refractivity contribution in [3.63, 3.8) is 0 Å². The van der Waals surface area contributed by atoms with Crippen LogP contribution in [0.4, 0.5) is 0 Å². The number of hydrogen-bond donors (Lipinski definition) is 0. The molecule has 140 valence electrons. The van der Waals surface area contributed by atoms with Crippen molar-refractivity contribution in [2.24, 2.45) is 45.8 Å². The molecule has 1 aliphatic heterocycles. The summed E-state index contributed by atoms with van der Waals surface area (Å²) in [6.07, 6.45) is 2.76. The molecule has 0 radical (unpaired) electrons. The number of esters is 2. The van der Waals surface area contributed by atoms with E-state index in [2.05, 4.69) is 41.5 Å². The second-order valence-corrected chi connectivity index (χ2v) is 11.0. The highest BCUT2D eigenvalue weighted by Crippen LogP contribution is 2.69. The van der Waals surface area contributed by atoms with Crippen LogP contribution < -0.4 is 0 Å². The van der Waals surface area contributed by atoms with E-state index in [0.29, 0.717) is 18.4 Å². The fraction of sp³-hybridized carbons (Fsp3) is 0.905. The Balaban J connectivity index is 1.51. The number of carbonyl (C=O) groups excluding carboxylic acids is 2. The second-order valence-electron chi connectivity index (χ2n) is 11.0. The van der Waals surface area contributed by atoms with Crippen LogP contribution in [0.1, 0.15) is 60.8 Å². The van der Waals surface area contributed by atoms with E-state index in [9.17, 15) is 9.59 Å². The van der Waals surface area contributed by atoms with Crippen LogP contribution in [0.25, 0.3) is 0 Å². The molecule has 7 unspecified atom stereocenters. The van der Waals surface area contributed by atoms with Gasteiger partial charge in [-0.15, -0.1) is 0 Å². The molecule has 2 bridgehead atoms. The van der Waals surface area contributed by atoms with Crippen LogP contribution >= 0.6 is 0 Å². The van der Waals surface area contributed by atoms with Crippen molar-refractivity contribution in [1.29, 1.82) is 0 Å². The molecule has 4 heteroatoms. The van der Waals surface area contributed by atoms with Gasteiger partial charge in [-0.25, -0.2) is 0 Å². The first-order chi connectivity index (χ1) is 11.5. The first kappa shape index (κ1) is 17.4. The second kappa shape index (κ2) is 5.01. The summed E-state index contributed by atoms with van der Waals surface area (Å²) in [7, 11) is 0. The lowest BCUT2D eigenvalue weighted by atomic mass is 9.74. The Kier molecular flexibility index (Phi) is 3.48. The fourth-order valence-corrected chi connectivity index (χ4v) is 6.39. The van der Waals surface area contributed by atoms with E-state index >= 15 is 0 Å². The minimum Gasteiger partial charge on any atom is -0.465 e. The molecule has 4 rings (SSSR count). The van der Waals surface area contributed by atoms with E-state index in [-0.39, 0.29) is 52.0 Å². The zero-order chi connectivity index (χ0) is 18.4. The van der Waals surface area contributed by atoms with Gasteiger partial charge in [-0.3, -0.25) is 9.59 Å². The van der Waals surface area contributed by atoms with Gasteiger partial charge in [0.2, 0.25) is 0 Å². The molecule has 0 aromatic heterocycles. The molecule has 0 N–H and O–H groups in total. The van der Waals surface area contributed by atoms with Gasteiger partial charge in [0.25, 0.3) is 0 Å². The molecule has 25 heavy (non-hydrogen) atoms. The summed E-state index contributed by atoms with van der Waals surface area (Å²) in [5, 5.41) is 0. The largest absolute Gasteiger partial charge is 0.465 e. The van der Waals surface area contributed by atoms with Crippen LogP contribution in [0.2, 0.25) is 0 Å². The molecule has 0 spiro atoms. The third kappa shape index (κ3) is 2.39. The maximum atomic E-state index is 13.2. The van der Waals surface area contributed by atoms with Crippen molar-refractivity contribution < 1.29 is 19.1 Å². The van der Waals surface area contributed by atoms with Gasteiger partial charge in [0.1, 0.15) is 6.10 Å². The summed E-state index contributed by atoms with van der Waals surface area (Å²) in [6, 6.07) is 0. The van der Waals surface area contributed by atoms with Crippen LogP contribution in [0, 0.1) is 45.8 Å². The maximum absolute atomic E-state index is 13.2. The standard InChI is InChI=1S/C21H32O4/c1-11-12-7-13(14-8-24-17(22)15(12)14)16(11)25-18(23)21(9-19(2,3)4)10-20(21,5)6/h11-16H,7-10H2,1-6H3. The van der Waals surface area contributed by atoms with Gasteiger partial charge < -0.3 is 9.47 Å². The topological polar surface area (TPSA) is 52.6 Å². The Hall–Kier alpha value is -1.06. The Labute approximate surface area is 151 Å². The van der Waals surface area contributed by atoms with E-state index in [1.807, 2.05) is 0 Å². The molecule has 3 aliphatic carbocycles. The molecule has 7 atom stereocenters. The lowest BCUT2D eigenvalue weighted by Crippen LogP contribution is -2.42. The first-order valence-corrected chi connectivity index (χ1v) is 9.85. The Bertz CT molecular complexity index is 616. The number of ether oxygens (including phenoxy) is 2. The summed E-state index contributed by atoms with van der Waals surface area (Å²) in [4.78, 5) is 25.2. The van der Waals surface area contributed by atoms with Gasteiger partial charge in [-0.05, 0) is 41.9 Å². The van der Waals surface area contributed by atoms with Crippen molar-refractivity contribution >= 4 is 11.9 Å². The van der Waals surface area contributed by atoms with Gasteiger partial charge in [0.15, 0.2) is 0 Å². The number of fused-ring (bicyclic) bond motifs is 5. The van der Waals surface area contributed by atoms with Gasteiger partial charge >= 0.3 is 11.9 Å². The third-order valence-electron chi connectivity index (χ3n) is 7.70. The van der Waals surface area contributed by atoms with Crippen molar-refractivity contribution in [3.05, 3.63) is 0 Å². The van der Waals surface area contributed by atoms with E-state index in [4.69, 9.17) is 9.47 Å². The summed E-state index contributed by atoms with van der Waals surface area (Å²) >= 11 is 0. The van der Waals surface area contributed by atoms with Gasteiger partial charge in [-0.1, -0.05) is 41.5 Å². The van der Waals surface area contributed by atoms with Crippen LogP contribution in [0.5, 0.6) is 0 Å². The molecular weight excluding hydrogens is 316 g/mol. The number of rotatable bonds is 3. The quantitative estimate of drug-likeness (QED) is 0.728. The molecule has 1 heterocycles. The predicted molar refractivity (Wildman–Crippen MR) is 93.5 cm³/mol. The molecule has 0 amide bonds. The molecular formula is C21H32O4. The Morgan fingerprint density at radius 1 is 1.24 bits per heavy atom. The summed E-state index contributed by atoms with van der Waals surface area (Å²) < 4.78 is 11.5. The molecule has 4 nitrogen and oxygen atoms in total. The Morgan fingerprint density at radius 2 is 1.88 bits per heavy atom. The summed E-state index contributed by atoms with van der Waals surface area (Å²) in [5.41, 5.74) is -0.217. The van der Waals surface area contributed by atoms with E-state index in [1.165, 1.54) is 0 Å². The van der Waals surface area contributed by atoms with Crippen molar-refractivity contribution in [2.45, 2.75) is 66.9 Å². The molecule has 4 aliphatic rings. The van der Waals surface area contributed by atoms with E-state index in [1.54, 1.807) is 0 Å². The van der Waals surface area contributed by atoms with E-state index in [0.717, 1.165) is 19.3 Å². The lowest BCUT2D eigenvalue weighted by molar-refractivity contribution is -0.166. The van der Waals surface area contributed by atoms with Gasteiger partial charge in [0, 0.05) is 11.8 Å². The van der Waals surface area contributed by atoms with Crippen LogP contribution in [-0.4, -0.2) is 24.6 Å². The molecule has 4 fully saturated rings. The highest BCUT2D eigenvalue weighted by molar-refractivity contribution is 5.82. The minimum atomic E-state index is -0.339. The minimum absolute atomic E-state index is 0.00128. The summed E-state index contributed by atoms with van der Waals surface area (Å²) in [6.45, 7) is 13.6. The number of carbonyl (C=O) groups is 2. The average Bonchev–Trinajstić information content (AvgIpc) is 2.87. The lowest BCUT2D eigenvalue weighted by Gasteiger charge is -2.36. The molecule has 0 aromatic carbocycles. The smallest absolute Gasteiger partial charge is 0.312 e. The van der Waals surface area contributed by atoms with Crippen LogP contribution in [-0.2, 0) is 19.1 Å². The Morgan fingerprint density at radius 3 is 2.44 bits per heavy atom. The predicted octanol–water partition coefficient (Wildman–Crippen LogP) is 3.83. The van der Waals surface area contributed by atoms with Crippen LogP contribution in [0.15, 0.2) is 0 Å². The van der Waals surface area contributed by atoms with Crippen molar-refractivity contribution in [2.75, 3.05) is 6.61 Å². The monoisotopic (exact) mass is 348 g/mol. The maximum Gasteiger partial charge on any atom is 0.312 e. The molecule has 0 aromatic rings. The SMILES string of the molecule is CC1C2CC(C3COC(=O)C23)C1OC(=O)C1(CC(C)(C)C)CC1(C)C. The third-order valence-corrected chi connectivity index (χ3v) is 7.70. The number of hydrogen-bond acceptors (Lipinski definition) is 4. The molecule has 3 saturated carbocycles. The fourth-order valence-electron chi connectivity index (χ4n) is 6.39. The highest BCUT2D eigenvalue weighted by atomic mass is 16.6. The average molecular weight is 348 g/mol. The van der Waals surface area contributed by atoms with Crippen LogP contribution in [0.3, 0.4) is 0 Å². The van der Waals surface area contributed by atoms with Crippen molar-refractivity contribution in [1.82, 2.24) is 0 Å². The normalized spacial score (nSPS) is 46.7. The van der Waals surface area contributed by atoms with E-state index < -0.39 is 0 Å². The molecule has 1 saturated heterocycles. The van der Waals surface area contributed by atoms with Crippen molar-refractivity contribution in [3.8, 4) is 0 Å².